The third kappa shape index (κ3) is 4.83. The smallest absolute Gasteiger partial charge is 0.337 e. The van der Waals surface area contributed by atoms with Crippen LogP contribution in [-0.2, 0) is 17.7 Å². The molecule has 0 spiro atoms. The zero-order chi connectivity index (χ0) is 21.8. The van der Waals surface area contributed by atoms with Crippen molar-refractivity contribution in [3.63, 3.8) is 0 Å². The van der Waals surface area contributed by atoms with E-state index in [1.54, 1.807) is 12.1 Å². The Bertz CT molecular complexity index is 1070. The number of ether oxygens (including phenoxy) is 1. The predicted molar refractivity (Wildman–Crippen MR) is 125 cm³/mol. The van der Waals surface area contributed by atoms with Crippen molar-refractivity contribution in [1.29, 1.82) is 0 Å². The molecule has 6 heteroatoms. The molecule has 3 aromatic rings. The van der Waals surface area contributed by atoms with E-state index in [2.05, 4.69) is 34.3 Å². The van der Waals surface area contributed by atoms with Crippen LogP contribution in [0.4, 0.5) is 11.5 Å². The highest BCUT2D eigenvalue weighted by molar-refractivity contribution is 6.30. The molecule has 1 N–H and O–H groups in total. The number of halogens is 1. The van der Waals surface area contributed by atoms with E-state index < -0.39 is 0 Å². The van der Waals surface area contributed by atoms with Crippen LogP contribution in [0.1, 0.15) is 46.4 Å². The molecule has 0 amide bonds. The highest BCUT2D eigenvalue weighted by atomic mass is 35.5. The highest BCUT2D eigenvalue weighted by Gasteiger charge is 2.22. The lowest BCUT2D eigenvalue weighted by Crippen LogP contribution is -2.30. The van der Waals surface area contributed by atoms with Gasteiger partial charge >= 0.3 is 5.97 Å². The molecule has 1 aliphatic heterocycles. The molecule has 1 atom stereocenters. The van der Waals surface area contributed by atoms with E-state index in [-0.39, 0.29) is 12.0 Å². The minimum atomic E-state index is -0.331. The summed E-state index contributed by atoms with van der Waals surface area (Å²) in [6, 6.07) is 17.6. The van der Waals surface area contributed by atoms with E-state index >= 15 is 0 Å². The van der Waals surface area contributed by atoms with Crippen LogP contribution < -0.4 is 10.2 Å². The van der Waals surface area contributed by atoms with Crippen LogP contribution >= 0.6 is 11.6 Å². The minimum Gasteiger partial charge on any atom is -0.465 e. The third-order valence-electron chi connectivity index (χ3n) is 5.65. The third-order valence-corrected chi connectivity index (χ3v) is 5.88. The summed E-state index contributed by atoms with van der Waals surface area (Å²) in [6.07, 6.45) is 4.03. The normalized spacial score (nSPS) is 14.0. The van der Waals surface area contributed by atoms with Gasteiger partial charge in [-0.05, 0) is 66.8 Å². The first-order valence-corrected chi connectivity index (χ1v) is 10.8. The first-order valence-electron chi connectivity index (χ1n) is 10.5. The van der Waals surface area contributed by atoms with Gasteiger partial charge < -0.3 is 15.0 Å². The van der Waals surface area contributed by atoms with Gasteiger partial charge in [-0.15, -0.1) is 0 Å². The molecule has 0 saturated heterocycles. The fourth-order valence-electron chi connectivity index (χ4n) is 4.05. The summed E-state index contributed by atoms with van der Waals surface area (Å²) in [4.78, 5) is 18.7. The highest BCUT2D eigenvalue weighted by Crippen LogP contribution is 2.36. The van der Waals surface area contributed by atoms with Crippen LogP contribution in [0.2, 0.25) is 5.02 Å². The number of benzene rings is 2. The molecule has 1 aromatic heterocycles. The molecule has 2 heterocycles. The number of carbonyl (C=O) groups is 1. The van der Waals surface area contributed by atoms with Gasteiger partial charge in [-0.1, -0.05) is 35.9 Å². The largest absolute Gasteiger partial charge is 0.465 e. The van der Waals surface area contributed by atoms with Gasteiger partial charge in [-0.2, -0.15) is 0 Å². The van der Waals surface area contributed by atoms with Crippen molar-refractivity contribution in [2.45, 2.75) is 32.4 Å². The Morgan fingerprint density at radius 3 is 2.77 bits per heavy atom. The molecule has 1 aliphatic rings. The summed E-state index contributed by atoms with van der Waals surface area (Å²) >= 11 is 6.20. The number of pyridine rings is 1. The maximum absolute atomic E-state index is 11.7. The van der Waals surface area contributed by atoms with Crippen LogP contribution in [0.5, 0.6) is 0 Å². The lowest BCUT2D eigenvalue weighted by molar-refractivity contribution is 0.0600. The number of fused-ring (bicyclic) bond motifs is 1. The van der Waals surface area contributed by atoms with E-state index in [1.165, 1.54) is 18.2 Å². The molecule has 5 nitrogen and oxygen atoms in total. The van der Waals surface area contributed by atoms with Gasteiger partial charge in [0.15, 0.2) is 0 Å². The van der Waals surface area contributed by atoms with Gasteiger partial charge in [0, 0.05) is 24.3 Å². The van der Waals surface area contributed by atoms with E-state index in [1.807, 2.05) is 36.5 Å². The number of esters is 1. The van der Waals surface area contributed by atoms with Crippen LogP contribution in [0.25, 0.3) is 0 Å². The quantitative estimate of drug-likeness (QED) is 0.507. The number of aryl methyl sites for hydroxylation is 1. The number of hydrogen-bond acceptors (Lipinski definition) is 5. The van der Waals surface area contributed by atoms with Crippen LogP contribution in [-0.4, -0.2) is 24.6 Å². The minimum absolute atomic E-state index is 0.0284. The molecular weight excluding hydrogens is 410 g/mol. The standard InChI is InChI=1S/C25H26ClN3O2/c1-17(19-8-10-21(11-9-19)25(30)31-2)28-24-23-20(12-13-27-24)6-4-14-29(23)16-18-5-3-7-22(26)15-18/h3,5,7-13,15,17H,4,6,14,16H2,1-2H3,(H,27,28)/t17-/m0/s1. The second kappa shape index (κ2) is 9.40. The number of hydrogen-bond donors (Lipinski definition) is 1. The first-order chi connectivity index (χ1) is 15.0. The van der Waals surface area contributed by atoms with Gasteiger partial charge in [0.1, 0.15) is 5.82 Å². The molecule has 0 unspecified atom stereocenters. The second-order valence-electron chi connectivity index (χ2n) is 7.80. The Morgan fingerprint density at radius 1 is 1.23 bits per heavy atom. The molecule has 0 fully saturated rings. The average molecular weight is 436 g/mol. The molecule has 2 aromatic carbocycles. The average Bonchev–Trinajstić information content (AvgIpc) is 2.79. The summed E-state index contributed by atoms with van der Waals surface area (Å²) in [5, 5.41) is 4.33. The molecule has 0 radical (unpaired) electrons. The van der Waals surface area contributed by atoms with E-state index in [0.717, 1.165) is 48.0 Å². The van der Waals surface area contributed by atoms with Crippen LogP contribution in [0.15, 0.2) is 60.8 Å². The number of carbonyl (C=O) groups excluding carboxylic acids is 1. The van der Waals surface area contributed by atoms with Gasteiger partial charge in [-0.3, -0.25) is 0 Å². The summed E-state index contributed by atoms with van der Waals surface area (Å²) in [7, 11) is 1.39. The van der Waals surface area contributed by atoms with E-state index in [0.29, 0.717) is 5.56 Å². The molecule has 160 valence electrons. The van der Waals surface area contributed by atoms with Crippen molar-refractivity contribution in [2.24, 2.45) is 0 Å². The predicted octanol–water partition coefficient (Wildman–Crippen LogP) is 5.65. The molecule has 0 bridgehead atoms. The van der Waals surface area contributed by atoms with Gasteiger partial charge in [-0.25, -0.2) is 9.78 Å². The Labute approximate surface area is 188 Å². The SMILES string of the molecule is COC(=O)c1ccc([C@H](C)Nc2nccc3c2N(Cc2cccc(Cl)c2)CCC3)cc1. The Morgan fingerprint density at radius 2 is 2.03 bits per heavy atom. The maximum atomic E-state index is 11.7. The van der Waals surface area contributed by atoms with Crippen molar-refractivity contribution in [3.05, 3.63) is 88.1 Å². The Balaban J connectivity index is 1.57. The zero-order valence-electron chi connectivity index (χ0n) is 17.8. The molecule has 0 aliphatic carbocycles. The second-order valence-corrected chi connectivity index (χ2v) is 8.24. The molecule has 4 rings (SSSR count). The van der Waals surface area contributed by atoms with Crippen LogP contribution in [0.3, 0.4) is 0 Å². The van der Waals surface area contributed by atoms with Gasteiger partial charge in [0.05, 0.1) is 24.4 Å². The van der Waals surface area contributed by atoms with Gasteiger partial charge in [0.2, 0.25) is 0 Å². The van der Waals surface area contributed by atoms with Crippen molar-refractivity contribution in [3.8, 4) is 0 Å². The van der Waals surface area contributed by atoms with Crippen molar-refractivity contribution < 1.29 is 9.53 Å². The van der Waals surface area contributed by atoms with Gasteiger partial charge in [0.25, 0.3) is 0 Å². The number of methoxy groups -OCH3 is 1. The summed E-state index contributed by atoms with van der Waals surface area (Å²) < 4.78 is 4.78. The fourth-order valence-corrected chi connectivity index (χ4v) is 4.27. The molecular formula is C25H26ClN3O2. The summed E-state index contributed by atoms with van der Waals surface area (Å²) in [5.41, 5.74) is 5.26. The molecule has 31 heavy (non-hydrogen) atoms. The number of rotatable bonds is 6. The lowest BCUT2D eigenvalue weighted by Gasteiger charge is -2.33. The van der Waals surface area contributed by atoms with E-state index in [9.17, 15) is 4.79 Å². The lowest BCUT2D eigenvalue weighted by atomic mass is 10.0. The first kappa shape index (κ1) is 21.2. The Kier molecular flexibility index (Phi) is 6.42. The van der Waals surface area contributed by atoms with Crippen LogP contribution in [0, 0.1) is 0 Å². The number of nitrogens with zero attached hydrogens (tertiary/aromatic N) is 2. The van der Waals surface area contributed by atoms with Crippen molar-refractivity contribution >= 4 is 29.1 Å². The number of aromatic nitrogens is 1. The number of nitrogens with one attached hydrogen (secondary N) is 1. The van der Waals surface area contributed by atoms with E-state index in [4.69, 9.17) is 16.3 Å². The Hall–Kier alpha value is -3.05. The zero-order valence-corrected chi connectivity index (χ0v) is 18.5. The van der Waals surface area contributed by atoms with Crippen molar-refractivity contribution in [2.75, 3.05) is 23.9 Å². The topological polar surface area (TPSA) is 54.5 Å². The monoisotopic (exact) mass is 435 g/mol. The van der Waals surface area contributed by atoms with Crippen molar-refractivity contribution in [1.82, 2.24) is 4.98 Å². The fraction of sp³-hybridized carbons (Fsp3) is 0.280. The summed E-state index contributed by atoms with van der Waals surface area (Å²) in [5.74, 6) is 0.548. The maximum Gasteiger partial charge on any atom is 0.337 e. The molecule has 0 saturated carbocycles. The number of anilines is 2. The summed E-state index contributed by atoms with van der Waals surface area (Å²) in [6.45, 7) is 3.86.